The molecule has 3 nitrogen and oxygen atoms in total. The van der Waals surface area contributed by atoms with E-state index in [-0.39, 0.29) is 6.61 Å². The second-order valence-corrected chi connectivity index (χ2v) is 10.5. The highest BCUT2D eigenvalue weighted by molar-refractivity contribution is 5.79. The Morgan fingerprint density at radius 3 is 1.29 bits per heavy atom. The summed E-state index contributed by atoms with van der Waals surface area (Å²) < 4.78 is 0.707. The Balaban J connectivity index is 3.24. The van der Waals surface area contributed by atoms with E-state index in [1.165, 1.54) is 116 Å². The van der Waals surface area contributed by atoms with Crippen LogP contribution in [0.2, 0.25) is 0 Å². The number of likely N-dealkylation sites (N-methyl/N-ethyl adjacent to an activating group) is 1. The van der Waals surface area contributed by atoms with Crippen molar-refractivity contribution in [1.82, 2.24) is 0 Å². The van der Waals surface area contributed by atoms with Crippen LogP contribution in [0.5, 0.6) is 0 Å². The number of nitrogens with zero attached hydrogens (tertiary/aromatic N) is 1. The molecule has 0 heterocycles. The van der Waals surface area contributed by atoms with Gasteiger partial charge in [0, 0.05) is 19.4 Å². The van der Waals surface area contributed by atoms with E-state index in [1.807, 2.05) is 0 Å². The lowest BCUT2D eigenvalue weighted by Gasteiger charge is -2.28. The van der Waals surface area contributed by atoms with Gasteiger partial charge in [0.15, 0.2) is 5.78 Å². The number of Topliss-reactive ketones (excluding diaryl/α,β-unsaturated/α-hetero) is 1. The van der Waals surface area contributed by atoms with Crippen molar-refractivity contribution in [3.05, 3.63) is 0 Å². The molecule has 0 aliphatic carbocycles. The van der Waals surface area contributed by atoms with Crippen LogP contribution in [0.25, 0.3) is 0 Å². The average molecular weight is 441 g/mol. The molecule has 0 saturated carbocycles. The van der Waals surface area contributed by atoms with Crippen molar-refractivity contribution in [1.29, 1.82) is 0 Å². The van der Waals surface area contributed by atoms with Gasteiger partial charge in [0.05, 0.1) is 20.6 Å². The van der Waals surface area contributed by atoms with Crippen LogP contribution in [0, 0.1) is 0 Å². The summed E-state index contributed by atoms with van der Waals surface area (Å²) in [6, 6.07) is 0. The molecule has 31 heavy (non-hydrogen) atoms. The van der Waals surface area contributed by atoms with Crippen LogP contribution in [0.3, 0.4) is 0 Å². The van der Waals surface area contributed by atoms with E-state index in [0.29, 0.717) is 16.8 Å². The monoisotopic (exact) mass is 440 g/mol. The highest BCUT2D eigenvalue weighted by Gasteiger charge is 2.18. The smallest absolute Gasteiger partial charge is 0.186 e. The van der Waals surface area contributed by atoms with Crippen molar-refractivity contribution in [3.63, 3.8) is 0 Å². The molecule has 0 amide bonds. The van der Waals surface area contributed by atoms with Gasteiger partial charge in [-0.3, -0.25) is 4.79 Å². The number of hydrogen-bond donors (Lipinski definition) is 1. The fourth-order valence-electron chi connectivity index (χ4n) is 4.53. The number of aliphatic hydroxyl groups is 1. The quantitative estimate of drug-likeness (QED) is 0.116. The molecule has 0 aromatic carbocycles. The number of unbranched alkanes of at least 4 members (excludes halogenated alkanes) is 18. The first-order valence-corrected chi connectivity index (χ1v) is 14.0. The predicted molar refractivity (Wildman–Crippen MR) is 137 cm³/mol. The second kappa shape index (κ2) is 22.8. The molecule has 0 atom stereocenters. The summed E-state index contributed by atoms with van der Waals surface area (Å²) in [7, 11) is 4.17. The van der Waals surface area contributed by atoms with Crippen LogP contribution in [-0.2, 0) is 4.79 Å². The molecule has 0 aliphatic heterocycles. The minimum atomic E-state index is 0.217. The van der Waals surface area contributed by atoms with Gasteiger partial charge in [0.25, 0.3) is 0 Å². The predicted octanol–water partition coefficient (Wildman–Crippen LogP) is 7.84. The SMILES string of the molecule is CCCCCCCCCCCCCCCCCCCCCC(=O)C[N+](C)(C)CCCO. The summed E-state index contributed by atoms with van der Waals surface area (Å²) >= 11 is 0. The molecule has 186 valence electrons. The van der Waals surface area contributed by atoms with Gasteiger partial charge in [-0.05, 0) is 6.42 Å². The molecule has 0 aromatic heterocycles. The molecule has 0 rings (SSSR count). The maximum atomic E-state index is 12.1. The van der Waals surface area contributed by atoms with Gasteiger partial charge in [-0.25, -0.2) is 0 Å². The van der Waals surface area contributed by atoms with E-state index in [4.69, 9.17) is 5.11 Å². The van der Waals surface area contributed by atoms with Crippen LogP contribution in [-0.4, -0.2) is 49.2 Å². The van der Waals surface area contributed by atoms with Gasteiger partial charge in [0.1, 0.15) is 6.54 Å². The molecular formula is C28H58NO2+. The van der Waals surface area contributed by atoms with Gasteiger partial charge < -0.3 is 9.59 Å². The van der Waals surface area contributed by atoms with E-state index in [1.54, 1.807) is 0 Å². The standard InChI is InChI=1S/C28H58NO2/c1-4-5-6-7-8-9-10-11-12-13-14-15-16-17-18-19-20-21-22-24-28(31)27-29(2,3)25-23-26-30/h30H,4-27H2,1-3H3/q+1. The van der Waals surface area contributed by atoms with Crippen molar-refractivity contribution in [2.75, 3.05) is 33.8 Å². The molecule has 1 N–H and O–H groups in total. The number of rotatable bonds is 25. The van der Waals surface area contributed by atoms with E-state index < -0.39 is 0 Å². The first-order valence-electron chi connectivity index (χ1n) is 14.0. The average Bonchev–Trinajstić information content (AvgIpc) is 2.73. The summed E-state index contributed by atoms with van der Waals surface area (Å²) in [5, 5.41) is 8.95. The van der Waals surface area contributed by atoms with Gasteiger partial charge in [0.2, 0.25) is 0 Å². The Hall–Kier alpha value is -0.410. The summed E-state index contributed by atoms with van der Waals surface area (Å²) in [4.78, 5) is 12.1. The molecule has 0 aromatic rings. The third kappa shape index (κ3) is 24.1. The fourth-order valence-corrected chi connectivity index (χ4v) is 4.53. The van der Waals surface area contributed by atoms with Gasteiger partial charge in [-0.15, -0.1) is 0 Å². The molecule has 0 unspecified atom stereocenters. The van der Waals surface area contributed by atoms with Crippen molar-refractivity contribution in [2.24, 2.45) is 0 Å². The molecular weight excluding hydrogens is 382 g/mol. The minimum absolute atomic E-state index is 0.217. The second-order valence-electron chi connectivity index (χ2n) is 10.5. The molecule has 0 bridgehead atoms. The van der Waals surface area contributed by atoms with Crippen LogP contribution in [0.1, 0.15) is 142 Å². The molecule has 0 fully saturated rings. The first-order chi connectivity index (χ1) is 15.0. The summed E-state index contributed by atoms with van der Waals surface area (Å²) in [6.07, 6.45) is 27.8. The van der Waals surface area contributed by atoms with Crippen molar-refractivity contribution in [3.8, 4) is 0 Å². The van der Waals surface area contributed by atoms with E-state index >= 15 is 0 Å². The lowest BCUT2D eigenvalue weighted by molar-refractivity contribution is -0.882. The Labute approximate surface area is 196 Å². The molecule has 0 saturated heterocycles. The number of aliphatic hydroxyl groups excluding tert-OH is 1. The maximum Gasteiger partial charge on any atom is 0.186 e. The van der Waals surface area contributed by atoms with Crippen molar-refractivity contribution >= 4 is 5.78 Å². The Morgan fingerprint density at radius 1 is 0.581 bits per heavy atom. The zero-order chi connectivity index (χ0) is 23.0. The third-order valence-corrected chi connectivity index (χ3v) is 6.59. The number of quaternary nitrogens is 1. The topological polar surface area (TPSA) is 37.3 Å². The number of hydrogen-bond acceptors (Lipinski definition) is 2. The lowest BCUT2D eigenvalue weighted by Crippen LogP contribution is -2.44. The van der Waals surface area contributed by atoms with E-state index in [0.717, 1.165) is 25.8 Å². The minimum Gasteiger partial charge on any atom is -0.396 e. The lowest BCUT2D eigenvalue weighted by atomic mass is 10.0. The van der Waals surface area contributed by atoms with Crippen LogP contribution >= 0.6 is 0 Å². The zero-order valence-corrected chi connectivity index (χ0v) is 21.8. The highest BCUT2D eigenvalue weighted by atomic mass is 16.3. The summed E-state index contributed by atoms with van der Waals surface area (Å²) in [5.74, 6) is 0.384. The molecule has 3 heteroatoms. The van der Waals surface area contributed by atoms with Gasteiger partial charge >= 0.3 is 0 Å². The molecule has 0 spiro atoms. The maximum absolute atomic E-state index is 12.1. The Kier molecular flexibility index (Phi) is 22.5. The Bertz CT molecular complexity index is 381. The number of ketones is 1. The van der Waals surface area contributed by atoms with Crippen LogP contribution < -0.4 is 0 Å². The number of carbonyl (C=O) groups is 1. The Morgan fingerprint density at radius 2 is 0.935 bits per heavy atom. The van der Waals surface area contributed by atoms with E-state index in [2.05, 4.69) is 21.0 Å². The van der Waals surface area contributed by atoms with Crippen molar-refractivity contribution in [2.45, 2.75) is 142 Å². The summed E-state index contributed by atoms with van der Waals surface area (Å²) in [5.41, 5.74) is 0. The van der Waals surface area contributed by atoms with E-state index in [9.17, 15) is 4.79 Å². The molecule has 0 radical (unpaired) electrons. The van der Waals surface area contributed by atoms with Gasteiger partial charge in [-0.1, -0.05) is 122 Å². The highest BCUT2D eigenvalue weighted by Crippen LogP contribution is 2.15. The largest absolute Gasteiger partial charge is 0.396 e. The fraction of sp³-hybridized carbons (Fsp3) is 0.964. The van der Waals surface area contributed by atoms with Crippen LogP contribution in [0.15, 0.2) is 0 Å². The first kappa shape index (κ1) is 30.6. The normalized spacial score (nSPS) is 11.9. The summed E-state index contributed by atoms with van der Waals surface area (Å²) in [6.45, 7) is 3.99. The zero-order valence-electron chi connectivity index (χ0n) is 21.8. The third-order valence-electron chi connectivity index (χ3n) is 6.59. The van der Waals surface area contributed by atoms with Gasteiger partial charge in [-0.2, -0.15) is 0 Å². The molecule has 0 aliphatic rings. The van der Waals surface area contributed by atoms with Crippen molar-refractivity contribution < 1.29 is 14.4 Å². The number of carbonyl (C=O) groups excluding carboxylic acids is 1. The van der Waals surface area contributed by atoms with Crippen LogP contribution in [0.4, 0.5) is 0 Å².